The zero-order valence-electron chi connectivity index (χ0n) is 19.5. The Balaban J connectivity index is 1.37. The minimum absolute atomic E-state index is 0.0309. The van der Waals surface area contributed by atoms with Crippen LogP contribution in [0.15, 0.2) is 47.5 Å². The minimum atomic E-state index is -0.822. The van der Waals surface area contributed by atoms with Crippen molar-refractivity contribution in [3.8, 4) is 0 Å². The number of anilines is 1. The number of benzene rings is 2. The van der Waals surface area contributed by atoms with Gasteiger partial charge in [0.05, 0.1) is 27.3 Å². The molecule has 2 fully saturated rings. The van der Waals surface area contributed by atoms with Crippen molar-refractivity contribution in [2.24, 2.45) is 0 Å². The summed E-state index contributed by atoms with van der Waals surface area (Å²) in [7, 11) is 0. The summed E-state index contributed by atoms with van der Waals surface area (Å²) in [4.78, 5) is 46.9. The van der Waals surface area contributed by atoms with Gasteiger partial charge in [-0.3, -0.25) is 19.0 Å². The molecule has 5 rings (SSSR count). The number of amides is 1. The number of nitrogens with zero attached hydrogens (tertiary/aromatic N) is 4. The van der Waals surface area contributed by atoms with Gasteiger partial charge in [-0.05, 0) is 55.2 Å². The van der Waals surface area contributed by atoms with E-state index >= 15 is 0 Å². The molecular formula is C26H26Cl2N4O3. The van der Waals surface area contributed by atoms with E-state index < -0.39 is 5.54 Å². The average molecular weight is 513 g/mol. The largest absolute Gasteiger partial charge is 0.368 e. The number of fused-ring (bicyclic) bond motifs is 1. The van der Waals surface area contributed by atoms with Crippen LogP contribution >= 0.6 is 23.2 Å². The Kier molecular flexibility index (Phi) is 6.32. The molecule has 0 radical (unpaired) electrons. The number of Topliss-reactive ketones (excluding diaryl/α,β-unsaturated/α-hetero) is 1. The predicted octanol–water partition coefficient (Wildman–Crippen LogP) is 4.06. The number of aryl methyl sites for hydroxylation is 1. The molecule has 0 N–H and O–H groups in total. The number of hydrogen-bond acceptors (Lipinski definition) is 5. The van der Waals surface area contributed by atoms with E-state index in [1.165, 1.54) is 10.9 Å². The van der Waals surface area contributed by atoms with Gasteiger partial charge in [0, 0.05) is 45.2 Å². The van der Waals surface area contributed by atoms with Gasteiger partial charge < -0.3 is 9.80 Å². The predicted molar refractivity (Wildman–Crippen MR) is 137 cm³/mol. The summed E-state index contributed by atoms with van der Waals surface area (Å²) in [6, 6.07) is 11.0. The Bertz CT molecular complexity index is 1370. The van der Waals surface area contributed by atoms with E-state index in [0.29, 0.717) is 72.8 Å². The van der Waals surface area contributed by atoms with E-state index in [1.54, 1.807) is 19.1 Å². The van der Waals surface area contributed by atoms with E-state index in [0.717, 1.165) is 11.3 Å². The molecule has 1 saturated carbocycles. The molecule has 9 heteroatoms. The molecule has 1 saturated heterocycles. The highest BCUT2D eigenvalue weighted by atomic mass is 35.5. The molecule has 3 aromatic rings. The van der Waals surface area contributed by atoms with Gasteiger partial charge in [0.15, 0.2) is 5.78 Å². The number of piperazine rings is 1. The number of halogens is 2. The first kappa shape index (κ1) is 23.8. The van der Waals surface area contributed by atoms with E-state index in [-0.39, 0.29) is 17.2 Å². The number of rotatable bonds is 6. The maximum absolute atomic E-state index is 13.5. The van der Waals surface area contributed by atoms with E-state index in [1.807, 2.05) is 29.2 Å². The Morgan fingerprint density at radius 1 is 1.00 bits per heavy atom. The van der Waals surface area contributed by atoms with Gasteiger partial charge in [-0.2, -0.15) is 0 Å². The van der Waals surface area contributed by atoms with Gasteiger partial charge in [0.2, 0.25) is 5.91 Å². The molecule has 0 spiro atoms. The molecule has 2 aliphatic rings. The smallest absolute Gasteiger partial charge is 0.262 e. The Hall–Kier alpha value is -2.90. The molecule has 1 aliphatic heterocycles. The Morgan fingerprint density at radius 3 is 2.40 bits per heavy atom. The molecule has 7 nitrogen and oxygen atoms in total. The number of carbonyl (C=O) groups excluding carboxylic acids is 2. The standard InChI is InChI=1S/C26H26Cl2N4O3/c1-17(33)30-10-12-31(13-11-30)19-4-6-23-20(15-19)25(35)32(16-29-23)26(8-9-26)24(34)7-3-18-2-5-21(27)22(28)14-18/h2,4-6,14-16H,3,7-13H2,1H3. The number of aromatic nitrogens is 2. The molecule has 1 aliphatic carbocycles. The van der Waals surface area contributed by atoms with Crippen molar-refractivity contribution in [1.29, 1.82) is 0 Å². The molecule has 1 aromatic heterocycles. The fourth-order valence-corrected chi connectivity index (χ4v) is 5.17. The molecule has 2 heterocycles. The van der Waals surface area contributed by atoms with Crippen LogP contribution in [-0.4, -0.2) is 52.3 Å². The van der Waals surface area contributed by atoms with Crippen LogP contribution in [0, 0.1) is 0 Å². The second-order valence-corrected chi connectivity index (χ2v) is 10.1. The Labute approximate surface area is 213 Å². The van der Waals surface area contributed by atoms with Gasteiger partial charge in [-0.1, -0.05) is 29.3 Å². The third-order valence-electron chi connectivity index (χ3n) is 7.16. The molecule has 35 heavy (non-hydrogen) atoms. The van der Waals surface area contributed by atoms with Crippen molar-refractivity contribution >= 4 is 51.5 Å². The summed E-state index contributed by atoms with van der Waals surface area (Å²) in [5.41, 5.74) is 1.45. The normalized spacial score (nSPS) is 17.0. The van der Waals surface area contributed by atoms with Crippen molar-refractivity contribution in [3.63, 3.8) is 0 Å². The second-order valence-electron chi connectivity index (χ2n) is 9.32. The molecule has 0 bridgehead atoms. The van der Waals surface area contributed by atoms with Crippen molar-refractivity contribution in [3.05, 3.63) is 68.7 Å². The van der Waals surface area contributed by atoms with Gasteiger partial charge in [0.25, 0.3) is 5.56 Å². The maximum Gasteiger partial charge on any atom is 0.262 e. The zero-order chi connectivity index (χ0) is 24.7. The first-order valence-corrected chi connectivity index (χ1v) is 12.5. The molecule has 182 valence electrons. The fourth-order valence-electron chi connectivity index (χ4n) is 4.85. The van der Waals surface area contributed by atoms with Crippen molar-refractivity contribution in [2.45, 2.75) is 38.1 Å². The first-order chi connectivity index (χ1) is 16.8. The monoisotopic (exact) mass is 512 g/mol. The lowest BCUT2D eigenvalue weighted by molar-refractivity contribution is -0.129. The minimum Gasteiger partial charge on any atom is -0.368 e. The van der Waals surface area contributed by atoms with Gasteiger partial charge in [0.1, 0.15) is 5.54 Å². The SMILES string of the molecule is CC(=O)N1CCN(c2ccc3ncn(C4(C(=O)CCc5ccc(Cl)c(Cl)c5)CC4)c(=O)c3c2)CC1. The highest BCUT2D eigenvalue weighted by molar-refractivity contribution is 6.42. The third-order valence-corrected chi connectivity index (χ3v) is 7.90. The van der Waals surface area contributed by atoms with E-state index in [4.69, 9.17) is 23.2 Å². The number of hydrogen-bond donors (Lipinski definition) is 0. The maximum atomic E-state index is 13.5. The second kappa shape index (κ2) is 9.28. The quantitative estimate of drug-likeness (QED) is 0.497. The summed E-state index contributed by atoms with van der Waals surface area (Å²) in [6.45, 7) is 4.30. The molecule has 2 aromatic carbocycles. The van der Waals surface area contributed by atoms with E-state index in [2.05, 4.69) is 9.88 Å². The third kappa shape index (κ3) is 4.55. The summed E-state index contributed by atoms with van der Waals surface area (Å²) in [6.07, 6.45) is 3.62. The average Bonchev–Trinajstić information content (AvgIpc) is 3.66. The number of carbonyl (C=O) groups is 2. The Morgan fingerprint density at radius 2 is 1.74 bits per heavy atom. The molecule has 0 atom stereocenters. The van der Waals surface area contributed by atoms with Crippen molar-refractivity contribution in [2.75, 3.05) is 31.1 Å². The van der Waals surface area contributed by atoms with Crippen molar-refractivity contribution < 1.29 is 9.59 Å². The lowest BCUT2D eigenvalue weighted by Gasteiger charge is -2.35. The highest BCUT2D eigenvalue weighted by Crippen LogP contribution is 2.44. The van der Waals surface area contributed by atoms with Crippen LogP contribution in [0.1, 0.15) is 31.7 Å². The van der Waals surface area contributed by atoms with Crippen LogP contribution in [0.5, 0.6) is 0 Å². The topological polar surface area (TPSA) is 75.5 Å². The van der Waals surface area contributed by atoms with Crippen LogP contribution in [-0.2, 0) is 21.5 Å². The number of ketones is 1. The lowest BCUT2D eigenvalue weighted by Crippen LogP contribution is -2.48. The molecule has 0 unspecified atom stereocenters. The lowest BCUT2D eigenvalue weighted by atomic mass is 10.0. The van der Waals surface area contributed by atoms with Crippen LogP contribution in [0.3, 0.4) is 0 Å². The fraction of sp³-hybridized carbons (Fsp3) is 0.385. The van der Waals surface area contributed by atoms with Gasteiger partial charge in [-0.15, -0.1) is 0 Å². The van der Waals surface area contributed by atoms with Crippen molar-refractivity contribution in [1.82, 2.24) is 14.5 Å². The van der Waals surface area contributed by atoms with Crippen LogP contribution < -0.4 is 10.5 Å². The summed E-state index contributed by atoms with van der Waals surface area (Å²) < 4.78 is 1.53. The van der Waals surface area contributed by atoms with E-state index in [9.17, 15) is 14.4 Å². The first-order valence-electron chi connectivity index (χ1n) is 11.8. The van der Waals surface area contributed by atoms with Crippen LogP contribution in [0.4, 0.5) is 5.69 Å². The van der Waals surface area contributed by atoms with Crippen LogP contribution in [0.25, 0.3) is 10.9 Å². The summed E-state index contributed by atoms with van der Waals surface area (Å²) in [5, 5.41) is 1.45. The summed E-state index contributed by atoms with van der Waals surface area (Å²) in [5.74, 6) is 0.108. The zero-order valence-corrected chi connectivity index (χ0v) is 21.0. The van der Waals surface area contributed by atoms with Gasteiger partial charge in [-0.25, -0.2) is 4.98 Å². The summed E-state index contributed by atoms with van der Waals surface area (Å²) >= 11 is 12.1. The molecule has 1 amide bonds. The highest BCUT2D eigenvalue weighted by Gasteiger charge is 2.51. The van der Waals surface area contributed by atoms with Crippen LogP contribution in [0.2, 0.25) is 10.0 Å². The van der Waals surface area contributed by atoms with Gasteiger partial charge >= 0.3 is 0 Å². The molecular weight excluding hydrogens is 487 g/mol.